The number of carbonyl (C=O) groups is 4. The lowest BCUT2D eigenvalue weighted by Gasteiger charge is -2.31. The van der Waals surface area contributed by atoms with Gasteiger partial charge in [0.05, 0.1) is 18.2 Å². The first-order chi connectivity index (χ1) is 22.8. The van der Waals surface area contributed by atoms with E-state index in [1.165, 1.54) is 6.92 Å². The van der Waals surface area contributed by atoms with E-state index in [9.17, 15) is 29.4 Å². The number of hydrogen-bond acceptors (Lipinski definition) is 8. The second-order valence-corrected chi connectivity index (χ2v) is 13.9. The Morgan fingerprint density at radius 2 is 1.38 bits per heavy atom. The summed E-state index contributed by atoms with van der Waals surface area (Å²) in [5.41, 5.74) is 1.71. The summed E-state index contributed by atoms with van der Waals surface area (Å²) in [6.07, 6.45) is -0.606. The van der Waals surface area contributed by atoms with E-state index in [0.29, 0.717) is 25.1 Å². The molecule has 0 aliphatic rings. The molecule has 0 aliphatic carbocycles. The zero-order valence-corrected chi connectivity index (χ0v) is 29.8. The molecule has 0 unspecified atom stereocenters. The maximum atomic E-state index is 13.7. The molecule has 12 heteroatoms. The molecule has 48 heavy (non-hydrogen) atoms. The highest BCUT2D eigenvalue weighted by atomic mass is 32.2. The first kappa shape index (κ1) is 40.6. The van der Waals surface area contributed by atoms with Crippen molar-refractivity contribution in [2.75, 3.05) is 12.0 Å². The van der Waals surface area contributed by atoms with Crippen LogP contribution in [0.25, 0.3) is 0 Å². The molecule has 0 saturated carbocycles. The molecule has 2 aromatic carbocycles. The minimum atomic E-state index is -1.29. The van der Waals surface area contributed by atoms with Crippen LogP contribution in [0.15, 0.2) is 60.7 Å². The zero-order chi connectivity index (χ0) is 35.6. The second kappa shape index (κ2) is 21.4. The summed E-state index contributed by atoms with van der Waals surface area (Å²) in [7, 11) is 0. The van der Waals surface area contributed by atoms with E-state index in [-0.39, 0.29) is 30.8 Å². The fourth-order valence-corrected chi connectivity index (χ4v) is 5.71. The van der Waals surface area contributed by atoms with Crippen LogP contribution in [0.4, 0.5) is 4.79 Å². The van der Waals surface area contributed by atoms with Crippen molar-refractivity contribution >= 4 is 35.6 Å². The van der Waals surface area contributed by atoms with Crippen LogP contribution in [-0.4, -0.2) is 76.4 Å². The third-order valence-electron chi connectivity index (χ3n) is 7.88. The van der Waals surface area contributed by atoms with Crippen molar-refractivity contribution in [1.29, 1.82) is 0 Å². The Labute approximate surface area is 289 Å². The molecule has 0 spiro atoms. The van der Waals surface area contributed by atoms with Crippen LogP contribution in [0.5, 0.6) is 0 Å². The number of alkyl carbamates (subject to hydrolysis) is 1. The van der Waals surface area contributed by atoms with Gasteiger partial charge in [0.1, 0.15) is 18.7 Å². The van der Waals surface area contributed by atoms with Crippen LogP contribution in [-0.2, 0) is 32.3 Å². The molecular formula is C36H54N4O7S. The molecule has 2 rings (SSSR count). The van der Waals surface area contributed by atoms with E-state index in [2.05, 4.69) is 21.3 Å². The fraction of sp³-hybridized carbons (Fsp3) is 0.556. The van der Waals surface area contributed by atoms with E-state index < -0.39 is 54.2 Å². The van der Waals surface area contributed by atoms with E-state index >= 15 is 0 Å². The van der Waals surface area contributed by atoms with Gasteiger partial charge in [-0.25, -0.2) is 4.79 Å². The molecule has 266 valence electrons. The highest BCUT2D eigenvalue weighted by Crippen LogP contribution is 2.21. The molecular weight excluding hydrogens is 632 g/mol. The Morgan fingerprint density at radius 3 is 1.92 bits per heavy atom. The smallest absolute Gasteiger partial charge is 0.407 e. The summed E-state index contributed by atoms with van der Waals surface area (Å²) >= 11 is 1.56. The minimum Gasteiger partial charge on any atom is -0.445 e. The summed E-state index contributed by atoms with van der Waals surface area (Å²) in [4.78, 5) is 52.9. The second-order valence-electron chi connectivity index (χ2n) is 12.9. The predicted octanol–water partition coefficient (Wildman–Crippen LogP) is 3.77. The third-order valence-corrected chi connectivity index (χ3v) is 8.53. The van der Waals surface area contributed by atoms with Crippen molar-refractivity contribution in [3.63, 3.8) is 0 Å². The van der Waals surface area contributed by atoms with E-state index in [1.54, 1.807) is 37.7 Å². The SMILES string of the molecule is CSCC[C@H](NC(=O)[C@@H](NC(=O)[C@H](CC(C)C)C[C@@H](O)[C@@H](NC(=O)OCc1ccccc1)[C@@H](C)O)C(C)C)C(=O)NCc1ccccc1. The first-order valence-corrected chi connectivity index (χ1v) is 18.0. The Morgan fingerprint density at radius 1 is 0.771 bits per heavy atom. The highest BCUT2D eigenvalue weighted by molar-refractivity contribution is 7.98. The number of thioether (sulfide) groups is 1. The van der Waals surface area contributed by atoms with Crippen molar-refractivity contribution in [3.05, 3.63) is 71.8 Å². The van der Waals surface area contributed by atoms with Gasteiger partial charge in [-0.05, 0) is 61.2 Å². The van der Waals surface area contributed by atoms with Crippen molar-refractivity contribution in [2.24, 2.45) is 17.8 Å². The number of hydrogen-bond donors (Lipinski definition) is 6. The Balaban J connectivity index is 2.10. The van der Waals surface area contributed by atoms with Gasteiger partial charge in [-0.3, -0.25) is 14.4 Å². The van der Waals surface area contributed by atoms with Crippen LogP contribution in [0, 0.1) is 17.8 Å². The summed E-state index contributed by atoms with van der Waals surface area (Å²) in [6.45, 7) is 9.26. The van der Waals surface area contributed by atoms with E-state index in [4.69, 9.17) is 4.74 Å². The largest absolute Gasteiger partial charge is 0.445 e. The van der Waals surface area contributed by atoms with Crippen LogP contribution < -0.4 is 21.3 Å². The van der Waals surface area contributed by atoms with Gasteiger partial charge >= 0.3 is 6.09 Å². The number of carbonyl (C=O) groups excluding carboxylic acids is 4. The Bertz CT molecular complexity index is 1260. The van der Waals surface area contributed by atoms with Gasteiger partial charge in [0.25, 0.3) is 0 Å². The molecule has 0 radical (unpaired) electrons. The molecule has 0 aliphatic heterocycles. The number of amides is 4. The van der Waals surface area contributed by atoms with Gasteiger partial charge in [0.15, 0.2) is 0 Å². The normalized spacial score (nSPS) is 15.0. The Kier molecular flexibility index (Phi) is 18.1. The van der Waals surface area contributed by atoms with Crippen LogP contribution in [0.2, 0.25) is 0 Å². The molecule has 0 heterocycles. The molecule has 6 atom stereocenters. The highest BCUT2D eigenvalue weighted by Gasteiger charge is 2.34. The van der Waals surface area contributed by atoms with E-state index in [0.717, 1.165) is 11.1 Å². The number of nitrogens with one attached hydrogen (secondary N) is 4. The minimum absolute atomic E-state index is 0.0131. The Hall–Kier alpha value is -3.61. The van der Waals surface area contributed by atoms with Crippen LogP contribution in [0.3, 0.4) is 0 Å². The maximum absolute atomic E-state index is 13.7. The van der Waals surface area contributed by atoms with Gasteiger partial charge in [-0.2, -0.15) is 11.8 Å². The van der Waals surface area contributed by atoms with E-state index in [1.807, 2.05) is 68.6 Å². The molecule has 0 fully saturated rings. The van der Waals surface area contributed by atoms with Crippen molar-refractivity contribution in [1.82, 2.24) is 21.3 Å². The first-order valence-electron chi connectivity index (χ1n) is 16.6. The van der Waals surface area contributed by atoms with Crippen LogP contribution in [0.1, 0.15) is 65.0 Å². The summed E-state index contributed by atoms with van der Waals surface area (Å²) in [5, 5.41) is 32.7. The van der Waals surface area contributed by atoms with Gasteiger partial charge in [-0.1, -0.05) is 88.4 Å². The summed E-state index contributed by atoms with van der Waals surface area (Å²) < 4.78 is 5.27. The molecule has 0 bridgehead atoms. The molecule has 0 aromatic heterocycles. The molecule has 6 N–H and O–H groups in total. The van der Waals surface area contributed by atoms with Crippen molar-refractivity contribution < 1.29 is 34.1 Å². The monoisotopic (exact) mass is 686 g/mol. The molecule has 0 saturated heterocycles. The summed E-state index contributed by atoms with van der Waals surface area (Å²) in [6, 6.07) is 15.7. The number of rotatable bonds is 20. The molecule has 2 aromatic rings. The maximum Gasteiger partial charge on any atom is 0.407 e. The molecule has 4 amide bonds. The number of ether oxygens (including phenoxy) is 1. The van der Waals surface area contributed by atoms with Gasteiger partial charge in [0.2, 0.25) is 17.7 Å². The number of aliphatic hydroxyl groups excluding tert-OH is 2. The van der Waals surface area contributed by atoms with Crippen molar-refractivity contribution in [3.8, 4) is 0 Å². The molecule has 11 nitrogen and oxygen atoms in total. The predicted molar refractivity (Wildman–Crippen MR) is 189 cm³/mol. The van der Waals surface area contributed by atoms with Crippen LogP contribution >= 0.6 is 11.8 Å². The van der Waals surface area contributed by atoms with Gasteiger partial charge in [0, 0.05) is 12.5 Å². The average Bonchev–Trinajstić information content (AvgIpc) is 3.05. The number of benzene rings is 2. The lowest BCUT2D eigenvalue weighted by Crippen LogP contribution is -2.56. The summed E-state index contributed by atoms with van der Waals surface area (Å²) in [5.74, 6) is -1.56. The third kappa shape index (κ3) is 14.7. The fourth-order valence-electron chi connectivity index (χ4n) is 5.24. The van der Waals surface area contributed by atoms with Gasteiger partial charge < -0.3 is 36.2 Å². The lowest BCUT2D eigenvalue weighted by atomic mass is 9.87. The van der Waals surface area contributed by atoms with Crippen molar-refractivity contribution in [2.45, 2.75) is 97.4 Å². The topological polar surface area (TPSA) is 166 Å². The quantitative estimate of drug-likeness (QED) is 0.123. The van der Waals surface area contributed by atoms with Gasteiger partial charge in [-0.15, -0.1) is 0 Å². The lowest BCUT2D eigenvalue weighted by molar-refractivity contribution is -0.135. The standard InChI is InChI=1S/C36H54N4O7S/c1-23(2)19-28(20-30(42)32(25(5)41)40-36(46)47-22-27-15-11-8-12-16-27)33(43)39-31(24(3)4)35(45)38-29(17-18-48-6)34(44)37-21-26-13-9-7-10-14-26/h7-16,23-25,28-32,41-42H,17-22H2,1-6H3,(H,37,44)(H,38,45)(H,39,43)(H,40,46)/t25-,28-,29+,30-,31+,32+/m1/s1. The number of aliphatic hydroxyl groups is 2. The zero-order valence-electron chi connectivity index (χ0n) is 29.0. The average molecular weight is 687 g/mol.